The number of benzene rings is 2. The van der Waals surface area contributed by atoms with Crippen LogP contribution in [0.1, 0.15) is 18.4 Å². The van der Waals surface area contributed by atoms with Crippen LogP contribution in [-0.2, 0) is 10.3 Å². The van der Waals surface area contributed by atoms with Crippen LogP contribution in [0.4, 0.5) is 9.18 Å². The number of carbonyl (C=O) groups excluding carboxylic acids is 2. The van der Waals surface area contributed by atoms with Gasteiger partial charge in [0.2, 0.25) is 0 Å². The molecule has 0 aliphatic carbocycles. The standard InChI is InChI=1S/C20H19FN2O4/c21-14-6-8-15(9-7-14)26-12-3-11-23-18(24)20(22-19(23)25)10-13-27-17-5-2-1-4-16(17)20/h1-2,4-9H,3,10-13H2,(H,22,25). The molecule has 1 unspecified atom stereocenters. The van der Waals surface area contributed by atoms with Gasteiger partial charge in [-0.3, -0.25) is 9.69 Å². The lowest BCUT2D eigenvalue weighted by Crippen LogP contribution is -2.47. The van der Waals surface area contributed by atoms with Crippen molar-refractivity contribution in [3.8, 4) is 11.5 Å². The zero-order valence-electron chi connectivity index (χ0n) is 14.6. The Kier molecular flexibility index (Phi) is 4.43. The molecule has 2 aliphatic heterocycles. The number of nitrogens with one attached hydrogen (secondary N) is 1. The predicted molar refractivity (Wildman–Crippen MR) is 95.0 cm³/mol. The third-order valence-corrected chi connectivity index (χ3v) is 4.87. The second-order valence-corrected chi connectivity index (χ2v) is 6.54. The third-order valence-electron chi connectivity index (χ3n) is 4.87. The highest BCUT2D eigenvalue weighted by Gasteiger charge is 2.54. The van der Waals surface area contributed by atoms with Gasteiger partial charge in [0.25, 0.3) is 5.91 Å². The van der Waals surface area contributed by atoms with E-state index in [1.165, 1.54) is 29.2 Å². The summed E-state index contributed by atoms with van der Waals surface area (Å²) in [5, 5.41) is 2.87. The van der Waals surface area contributed by atoms with Gasteiger partial charge in [0.1, 0.15) is 17.3 Å². The minimum absolute atomic E-state index is 0.247. The number of hydrogen-bond acceptors (Lipinski definition) is 4. The number of carbonyl (C=O) groups is 2. The number of urea groups is 1. The topological polar surface area (TPSA) is 67.9 Å². The molecule has 0 bridgehead atoms. The normalized spacial score (nSPS) is 21.0. The fourth-order valence-corrected chi connectivity index (χ4v) is 3.52. The van der Waals surface area contributed by atoms with Crippen molar-refractivity contribution in [3.63, 3.8) is 0 Å². The quantitative estimate of drug-likeness (QED) is 0.649. The molecule has 4 rings (SSSR count). The fraction of sp³-hybridized carbons (Fsp3) is 0.300. The minimum Gasteiger partial charge on any atom is -0.494 e. The average molecular weight is 370 g/mol. The van der Waals surface area contributed by atoms with Gasteiger partial charge in [-0.2, -0.15) is 0 Å². The third kappa shape index (κ3) is 3.09. The van der Waals surface area contributed by atoms with Gasteiger partial charge in [0.05, 0.1) is 13.2 Å². The van der Waals surface area contributed by atoms with Crippen LogP contribution < -0.4 is 14.8 Å². The van der Waals surface area contributed by atoms with Gasteiger partial charge in [-0.1, -0.05) is 18.2 Å². The van der Waals surface area contributed by atoms with Gasteiger partial charge in [-0.05, 0) is 36.8 Å². The summed E-state index contributed by atoms with van der Waals surface area (Å²) < 4.78 is 24.0. The first kappa shape index (κ1) is 17.3. The Morgan fingerprint density at radius 2 is 1.93 bits per heavy atom. The molecule has 2 heterocycles. The first-order valence-electron chi connectivity index (χ1n) is 8.85. The van der Waals surface area contributed by atoms with E-state index in [9.17, 15) is 14.0 Å². The van der Waals surface area contributed by atoms with E-state index in [1.54, 1.807) is 6.07 Å². The maximum atomic E-state index is 13.1. The lowest BCUT2D eigenvalue weighted by atomic mass is 9.84. The van der Waals surface area contributed by atoms with E-state index in [0.29, 0.717) is 43.1 Å². The number of imide groups is 1. The first-order chi connectivity index (χ1) is 13.1. The van der Waals surface area contributed by atoms with Crippen LogP contribution in [-0.4, -0.2) is 36.6 Å². The molecular weight excluding hydrogens is 351 g/mol. The van der Waals surface area contributed by atoms with Crippen LogP contribution >= 0.6 is 0 Å². The van der Waals surface area contributed by atoms with Crippen LogP contribution in [0, 0.1) is 5.82 Å². The number of amides is 3. The number of halogens is 1. The van der Waals surface area contributed by atoms with Crippen molar-refractivity contribution in [2.24, 2.45) is 0 Å². The highest BCUT2D eigenvalue weighted by atomic mass is 19.1. The summed E-state index contributed by atoms with van der Waals surface area (Å²) in [5.74, 6) is 0.580. The molecule has 2 aromatic rings. The maximum Gasteiger partial charge on any atom is 0.325 e. The molecule has 1 atom stereocenters. The molecule has 7 heteroatoms. The van der Waals surface area contributed by atoms with Gasteiger partial charge in [0, 0.05) is 18.5 Å². The number of para-hydroxylation sites is 1. The van der Waals surface area contributed by atoms with Crippen molar-refractivity contribution in [1.82, 2.24) is 10.2 Å². The van der Waals surface area contributed by atoms with E-state index in [-0.39, 0.29) is 18.3 Å². The monoisotopic (exact) mass is 370 g/mol. The number of hydrogen-bond donors (Lipinski definition) is 1. The smallest absolute Gasteiger partial charge is 0.325 e. The Morgan fingerprint density at radius 3 is 2.74 bits per heavy atom. The van der Waals surface area contributed by atoms with Gasteiger partial charge in [0.15, 0.2) is 5.54 Å². The SMILES string of the molecule is O=C1NC2(CCOc3ccccc32)C(=O)N1CCCOc1ccc(F)cc1. The first-order valence-corrected chi connectivity index (χ1v) is 8.85. The number of nitrogens with zero attached hydrogens (tertiary/aromatic N) is 1. The van der Waals surface area contributed by atoms with Crippen molar-refractivity contribution >= 4 is 11.9 Å². The van der Waals surface area contributed by atoms with E-state index < -0.39 is 11.6 Å². The number of rotatable bonds is 5. The Bertz CT molecular complexity index is 871. The Labute approximate surface area is 155 Å². The largest absolute Gasteiger partial charge is 0.494 e. The molecule has 3 amide bonds. The van der Waals surface area contributed by atoms with Gasteiger partial charge < -0.3 is 14.8 Å². The summed E-state index contributed by atoms with van der Waals surface area (Å²) in [6, 6.07) is 12.6. The molecule has 0 radical (unpaired) electrons. The van der Waals surface area contributed by atoms with Crippen molar-refractivity contribution in [1.29, 1.82) is 0 Å². The number of ether oxygens (including phenoxy) is 2. The zero-order chi connectivity index (χ0) is 18.9. The van der Waals surface area contributed by atoms with Crippen molar-refractivity contribution in [2.45, 2.75) is 18.4 Å². The van der Waals surface area contributed by atoms with E-state index in [4.69, 9.17) is 9.47 Å². The van der Waals surface area contributed by atoms with Crippen molar-refractivity contribution < 1.29 is 23.5 Å². The van der Waals surface area contributed by atoms with E-state index >= 15 is 0 Å². The van der Waals surface area contributed by atoms with E-state index in [0.717, 1.165) is 0 Å². The van der Waals surface area contributed by atoms with Gasteiger partial charge in [-0.25, -0.2) is 9.18 Å². The summed E-state index contributed by atoms with van der Waals surface area (Å²) in [6.07, 6.45) is 0.877. The second-order valence-electron chi connectivity index (χ2n) is 6.54. The van der Waals surface area contributed by atoms with Crippen LogP contribution in [0.15, 0.2) is 48.5 Å². The van der Waals surface area contributed by atoms with Crippen molar-refractivity contribution in [2.75, 3.05) is 19.8 Å². The molecule has 1 spiro atoms. The van der Waals surface area contributed by atoms with Crippen LogP contribution in [0.2, 0.25) is 0 Å². The van der Waals surface area contributed by atoms with E-state index in [1.807, 2.05) is 18.2 Å². The van der Waals surface area contributed by atoms with Crippen LogP contribution in [0.25, 0.3) is 0 Å². The van der Waals surface area contributed by atoms with Crippen LogP contribution in [0.5, 0.6) is 11.5 Å². The Morgan fingerprint density at radius 1 is 1.15 bits per heavy atom. The molecule has 1 fully saturated rings. The zero-order valence-corrected chi connectivity index (χ0v) is 14.6. The fourth-order valence-electron chi connectivity index (χ4n) is 3.52. The molecule has 2 aliphatic rings. The molecule has 1 saturated heterocycles. The molecule has 27 heavy (non-hydrogen) atoms. The average Bonchev–Trinajstić information content (AvgIpc) is 2.91. The molecule has 140 valence electrons. The Balaban J connectivity index is 1.41. The molecule has 6 nitrogen and oxygen atoms in total. The highest BCUT2D eigenvalue weighted by molar-refractivity contribution is 6.07. The number of fused-ring (bicyclic) bond motifs is 2. The molecule has 0 saturated carbocycles. The summed E-state index contributed by atoms with van der Waals surface area (Å²) in [6.45, 7) is 0.927. The van der Waals surface area contributed by atoms with Gasteiger partial charge in [-0.15, -0.1) is 0 Å². The molecule has 2 aromatic carbocycles. The lowest BCUT2D eigenvalue weighted by molar-refractivity contribution is -0.132. The lowest BCUT2D eigenvalue weighted by Gasteiger charge is -2.33. The minimum atomic E-state index is -1.05. The van der Waals surface area contributed by atoms with E-state index in [2.05, 4.69) is 5.32 Å². The Hall–Kier alpha value is -3.09. The summed E-state index contributed by atoms with van der Waals surface area (Å²) in [4.78, 5) is 26.7. The molecular formula is C20H19FN2O4. The maximum absolute atomic E-state index is 13.1. The predicted octanol–water partition coefficient (Wildman–Crippen LogP) is 2.82. The second kappa shape index (κ2) is 6.90. The summed E-state index contributed by atoms with van der Waals surface area (Å²) in [5.41, 5.74) is -0.358. The van der Waals surface area contributed by atoms with Crippen molar-refractivity contribution in [3.05, 3.63) is 59.9 Å². The van der Waals surface area contributed by atoms with Crippen LogP contribution in [0.3, 0.4) is 0 Å². The summed E-state index contributed by atoms with van der Waals surface area (Å²) >= 11 is 0. The highest BCUT2D eigenvalue weighted by Crippen LogP contribution is 2.40. The summed E-state index contributed by atoms with van der Waals surface area (Å²) in [7, 11) is 0. The molecule has 1 N–H and O–H groups in total. The van der Waals surface area contributed by atoms with Gasteiger partial charge >= 0.3 is 6.03 Å². The molecule has 0 aromatic heterocycles.